The molecule has 0 saturated heterocycles. The lowest BCUT2D eigenvalue weighted by atomic mass is 10.1. The zero-order valence-corrected chi connectivity index (χ0v) is 16.2. The summed E-state index contributed by atoms with van der Waals surface area (Å²) in [6.45, 7) is 1.98. The summed E-state index contributed by atoms with van der Waals surface area (Å²) >= 11 is 0. The van der Waals surface area contributed by atoms with E-state index in [-0.39, 0.29) is 4.90 Å². The van der Waals surface area contributed by atoms with E-state index in [0.29, 0.717) is 11.4 Å². The number of anilines is 1. The van der Waals surface area contributed by atoms with Crippen LogP contribution in [0.1, 0.15) is 5.56 Å². The smallest absolute Gasteiger partial charge is 0.257 e. The van der Waals surface area contributed by atoms with E-state index >= 15 is 0 Å². The summed E-state index contributed by atoms with van der Waals surface area (Å²) in [4.78, 5) is 7.35. The van der Waals surface area contributed by atoms with Gasteiger partial charge in [0.2, 0.25) is 0 Å². The van der Waals surface area contributed by atoms with E-state index in [1.165, 1.54) is 19.2 Å². The number of aryl methyl sites for hydroxylation is 1. The Kier molecular flexibility index (Phi) is 4.62. The molecule has 0 aliphatic carbocycles. The molecular weight excluding hydrogens is 374 g/mol. The van der Waals surface area contributed by atoms with Crippen LogP contribution in [-0.2, 0) is 10.0 Å². The van der Waals surface area contributed by atoms with E-state index in [0.717, 1.165) is 27.4 Å². The molecular formula is C21H19N3O3S. The molecule has 28 heavy (non-hydrogen) atoms. The number of fused-ring (bicyclic) bond motifs is 2. The maximum absolute atomic E-state index is 12.7. The molecule has 3 aromatic carbocycles. The van der Waals surface area contributed by atoms with Gasteiger partial charge in [0.25, 0.3) is 10.0 Å². The summed E-state index contributed by atoms with van der Waals surface area (Å²) in [5, 5.41) is 1.68. The molecule has 2 N–H and O–H groups in total. The van der Waals surface area contributed by atoms with Crippen molar-refractivity contribution in [2.75, 3.05) is 12.5 Å². The molecule has 0 spiro atoms. The number of rotatable bonds is 5. The largest absolute Gasteiger partial charge is 0.497 e. The normalized spacial score (nSPS) is 11.6. The minimum absolute atomic E-state index is 0.139. The monoisotopic (exact) mass is 393 g/mol. The zero-order chi connectivity index (χ0) is 19.7. The fraction of sp³-hybridized carbons (Fsp3) is 0.0952. The van der Waals surface area contributed by atoms with E-state index in [2.05, 4.69) is 10.3 Å². The Labute approximate surface area is 163 Å². The highest BCUT2D eigenvalue weighted by Crippen LogP contribution is 2.31. The van der Waals surface area contributed by atoms with Gasteiger partial charge in [0.15, 0.2) is 0 Å². The molecule has 0 aliphatic rings. The number of hydrogen-bond acceptors (Lipinski definition) is 5. The zero-order valence-electron chi connectivity index (χ0n) is 15.4. The van der Waals surface area contributed by atoms with Crippen molar-refractivity contribution in [2.45, 2.75) is 11.8 Å². The van der Waals surface area contributed by atoms with Gasteiger partial charge in [-0.3, -0.25) is 0 Å². The second kappa shape index (κ2) is 7.10. The average Bonchev–Trinajstić information content (AvgIpc) is 2.72. The minimum atomic E-state index is -3.77. The molecule has 6 nitrogen and oxygen atoms in total. The quantitative estimate of drug-likeness (QED) is 0.396. The summed E-state index contributed by atoms with van der Waals surface area (Å²) in [6, 6.07) is 19.7. The van der Waals surface area contributed by atoms with E-state index in [1.807, 2.05) is 49.4 Å². The molecule has 0 fully saturated rings. The number of nitrogens with zero attached hydrogens (tertiary/aromatic N) is 1. The lowest BCUT2D eigenvalue weighted by Gasteiger charge is -2.15. The van der Waals surface area contributed by atoms with Gasteiger partial charge in [-0.1, -0.05) is 36.4 Å². The maximum Gasteiger partial charge on any atom is 0.257 e. The van der Waals surface area contributed by atoms with Crippen LogP contribution in [0, 0.1) is 6.92 Å². The number of sulfonamides is 1. The number of hydrogen-bond donors (Lipinski definition) is 2. The van der Waals surface area contributed by atoms with Crippen LogP contribution in [0.5, 0.6) is 5.75 Å². The molecule has 4 rings (SSSR count). The van der Waals surface area contributed by atoms with Gasteiger partial charge in [-0.25, -0.2) is 13.4 Å². The van der Waals surface area contributed by atoms with Crippen LogP contribution < -0.4 is 15.0 Å². The van der Waals surface area contributed by atoms with Crippen LogP contribution in [0.4, 0.5) is 5.69 Å². The molecule has 1 heterocycles. The van der Waals surface area contributed by atoms with Gasteiger partial charge in [-0.15, -0.1) is 4.83 Å². The van der Waals surface area contributed by atoms with E-state index in [1.54, 1.807) is 12.1 Å². The Bertz CT molecular complexity index is 1270. The Morgan fingerprint density at radius 3 is 2.36 bits per heavy atom. The fourth-order valence-electron chi connectivity index (χ4n) is 3.12. The van der Waals surface area contributed by atoms with Crippen molar-refractivity contribution in [3.63, 3.8) is 0 Å². The Morgan fingerprint density at radius 2 is 1.61 bits per heavy atom. The molecule has 0 atom stereocenters. The number of nitrogens with one attached hydrogen (secondary N) is 2. The predicted octanol–water partition coefficient (Wildman–Crippen LogP) is 4.01. The van der Waals surface area contributed by atoms with Gasteiger partial charge >= 0.3 is 0 Å². The van der Waals surface area contributed by atoms with Gasteiger partial charge in [-0.2, -0.15) is 0 Å². The lowest BCUT2D eigenvalue weighted by molar-refractivity contribution is 0.414. The first-order chi connectivity index (χ1) is 13.5. The van der Waals surface area contributed by atoms with Crippen molar-refractivity contribution in [2.24, 2.45) is 0 Å². The van der Waals surface area contributed by atoms with Crippen molar-refractivity contribution >= 4 is 37.5 Å². The van der Waals surface area contributed by atoms with Crippen molar-refractivity contribution in [1.29, 1.82) is 0 Å². The van der Waals surface area contributed by atoms with Crippen molar-refractivity contribution in [1.82, 2.24) is 9.82 Å². The molecule has 7 heteroatoms. The summed E-state index contributed by atoms with van der Waals surface area (Å²) in [7, 11) is -2.24. The first-order valence-electron chi connectivity index (χ1n) is 8.69. The number of ether oxygens (including phenoxy) is 1. The van der Waals surface area contributed by atoms with Gasteiger partial charge in [-0.05, 0) is 42.8 Å². The van der Waals surface area contributed by atoms with Crippen molar-refractivity contribution < 1.29 is 13.2 Å². The molecule has 0 aliphatic heterocycles. The maximum atomic E-state index is 12.7. The predicted molar refractivity (Wildman–Crippen MR) is 111 cm³/mol. The Morgan fingerprint density at radius 1 is 0.893 bits per heavy atom. The highest BCUT2D eigenvalue weighted by Gasteiger charge is 2.16. The van der Waals surface area contributed by atoms with E-state index in [9.17, 15) is 8.42 Å². The Balaban J connectivity index is 1.77. The summed E-state index contributed by atoms with van der Waals surface area (Å²) in [6.07, 6.45) is 0. The second-order valence-electron chi connectivity index (χ2n) is 6.38. The van der Waals surface area contributed by atoms with Crippen LogP contribution in [0.2, 0.25) is 0 Å². The SMILES string of the molecule is COc1ccc(S(=O)(=O)NNc2c3ccccc3nc3c(C)cccc23)cc1. The molecule has 0 radical (unpaired) electrons. The minimum Gasteiger partial charge on any atom is -0.497 e. The fourth-order valence-corrected chi connectivity index (χ4v) is 3.97. The van der Waals surface area contributed by atoms with E-state index in [4.69, 9.17) is 9.72 Å². The third kappa shape index (κ3) is 3.26. The van der Waals surface area contributed by atoms with Crippen molar-refractivity contribution in [3.05, 3.63) is 72.3 Å². The molecule has 0 bridgehead atoms. The average molecular weight is 393 g/mol. The lowest BCUT2D eigenvalue weighted by Crippen LogP contribution is -2.29. The summed E-state index contributed by atoms with van der Waals surface area (Å²) < 4.78 is 30.5. The second-order valence-corrected chi connectivity index (χ2v) is 8.06. The van der Waals surface area contributed by atoms with Crippen LogP contribution in [0.3, 0.4) is 0 Å². The molecule has 0 saturated carbocycles. The highest BCUT2D eigenvalue weighted by atomic mass is 32.2. The first-order valence-corrected chi connectivity index (χ1v) is 10.2. The van der Waals surface area contributed by atoms with E-state index < -0.39 is 10.0 Å². The van der Waals surface area contributed by atoms with Crippen LogP contribution in [0.15, 0.2) is 71.6 Å². The van der Waals surface area contributed by atoms with Gasteiger partial charge in [0, 0.05) is 10.8 Å². The van der Waals surface area contributed by atoms with Crippen LogP contribution in [0.25, 0.3) is 21.8 Å². The van der Waals surface area contributed by atoms with Gasteiger partial charge in [0.05, 0.1) is 28.7 Å². The van der Waals surface area contributed by atoms with Gasteiger partial charge in [0.1, 0.15) is 5.75 Å². The number of hydrazine groups is 1. The number of benzene rings is 3. The Hall–Kier alpha value is -3.16. The molecule has 0 amide bonds. The topological polar surface area (TPSA) is 80.3 Å². The summed E-state index contributed by atoms with van der Waals surface area (Å²) in [5.74, 6) is 0.591. The number of methoxy groups -OCH3 is 1. The standard InChI is InChI=1S/C21H19N3O3S/c1-14-6-5-8-18-20(14)22-19-9-4-3-7-17(19)21(18)23-24-28(25,26)16-12-10-15(27-2)11-13-16/h3-13,24H,1-2H3,(H,22,23). The van der Waals surface area contributed by atoms with Crippen LogP contribution in [-0.4, -0.2) is 20.5 Å². The molecule has 0 unspecified atom stereocenters. The third-order valence-electron chi connectivity index (χ3n) is 4.59. The molecule has 142 valence electrons. The number of aromatic nitrogens is 1. The highest BCUT2D eigenvalue weighted by molar-refractivity contribution is 7.89. The third-order valence-corrected chi connectivity index (χ3v) is 5.86. The number of para-hydroxylation sites is 2. The van der Waals surface area contributed by atoms with Crippen molar-refractivity contribution in [3.8, 4) is 5.75 Å². The van der Waals surface area contributed by atoms with Gasteiger partial charge < -0.3 is 10.2 Å². The summed E-state index contributed by atoms with van der Waals surface area (Å²) in [5.41, 5.74) is 6.22. The first kappa shape index (κ1) is 18.2. The van der Waals surface area contributed by atoms with Crippen LogP contribution >= 0.6 is 0 Å². The molecule has 1 aromatic heterocycles. The molecule has 4 aromatic rings. The number of pyridine rings is 1.